The average molecular weight is 278 g/mol. The van der Waals surface area contributed by atoms with Gasteiger partial charge in [-0.25, -0.2) is 13.4 Å². The maximum absolute atomic E-state index is 11.2. The summed E-state index contributed by atoms with van der Waals surface area (Å²) in [5.74, 6) is 0. The number of nitrogens with one attached hydrogen (secondary N) is 1. The molecule has 1 heterocycles. The highest BCUT2D eigenvalue weighted by atomic mass is 32.2. The largest absolute Gasteiger partial charge is 0.259 e. The molecule has 4 nitrogen and oxygen atoms in total. The minimum Gasteiger partial charge on any atom is -0.259 e. The molecule has 3 rings (SSSR count). The molecule has 0 fully saturated rings. The fourth-order valence-corrected chi connectivity index (χ4v) is 3.58. The molecule has 6 heteroatoms. The van der Waals surface area contributed by atoms with E-state index in [4.69, 9.17) is 0 Å². The molecule has 0 aliphatic carbocycles. The molecule has 1 aromatic heterocycles. The van der Waals surface area contributed by atoms with E-state index in [1.807, 2.05) is 36.4 Å². The molecule has 0 unspecified atom stereocenters. The number of aromatic nitrogens is 1. The molecular formula is C12H10N2O2S2. The van der Waals surface area contributed by atoms with E-state index in [-0.39, 0.29) is 0 Å². The second-order valence-corrected chi connectivity index (χ2v) is 6.81. The van der Waals surface area contributed by atoms with Crippen molar-refractivity contribution in [2.45, 2.75) is 0 Å². The highest BCUT2D eigenvalue weighted by Gasteiger charge is 2.10. The third-order valence-corrected chi connectivity index (χ3v) is 4.19. The predicted octanol–water partition coefficient (Wildman–Crippen LogP) is 2.82. The summed E-state index contributed by atoms with van der Waals surface area (Å²) in [7, 11) is -3.28. The first kappa shape index (κ1) is 11.4. The Morgan fingerprint density at radius 2 is 1.94 bits per heavy atom. The number of thiazole rings is 1. The molecule has 0 spiro atoms. The highest BCUT2D eigenvalue weighted by molar-refractivity contribution is 7.92. The Labute approximate surface area is 108 Å². The van der Waals surface area contributed by atoms with Crippen LogP contribution in [0.4, 0.5) is 5.13 Å². The Kier molecular flexibility index (Phi) is 2.49. The van der Waals surface area contributed by atoms with Gasteiger partial charge < -0.3 is 0 Å². The molecule has 0 amide bonds. The number of benzene rings is 2. The molecule has 18 heavy (non-hydrogen) atoms. The maximum Gasteiger partial charge on any atom is 0.231 e. The molecular weight excluding hydrogens is 268 g/mol. The lowest BCUT2D eigenvalue weighted by atomic mass is 10.1. The Morgan fingerprint density at radius 3 is 2.72 bits per heavy atom. The zero-order chi connectivity index (χ0) is 12.8. The molecule has 2 aromatic carbocycles. The molecule has 0 bridgehead atoms. The summed E-state index contributed by atoms with van der Waals surface area (Å²) >= 11 is 1.34. The van der Waals surface area contributed by atoms with Crippen LogP contribution < -0.4 is 4.72 Å². The molecule has 0 saturated heterocycles. The zero-order valence-electron chi connectivity index (χ0n) is 9.54. The van der Waals surface area contributed by atoms with Crippen molar-refractivity contribution in [1.82, 2.24) is 4.98 Å². The van der Waals surface area contributed by atoms with Crippen molar-refractivity contribution in [1.29, 1.82) is 0 Å². The quantitative estimate of drug-likeness (QED) is 0.784. The second-order valence-electron chi connectivity index (χ2n) is 4.03. The summed E-state index contributed by atoms with van der Waals surface area (Å²) in [6.45, 7) is 0. The zero-order valence-corrected chi connectivity index (χ0v) is 11.2. The average Bonchev–Trinajstić information content (AvgIpc) is 2.69. The number of nitrogens with zero attached hydrogens (tertiary/aromatic N) is 1. The first-order chi connectivity index (χ1) is 8.53. The Hall–Kier alpha value is -1.66. The number of anilines is 1. The van der Waals surface area contributed by atoms with E-state index in [1.165, 1.54) is 11.3 Å². The monoisotopic (exact) mass is 278 g/mol. The molecule has 1 N–H and O–H groups in total. The van der Waals surface area contributed by atoms with Gasteiger partial charge in [0.1, 0.15) is 0 Å². The van der Waals surface area contributed by atoms with Crippen molar-refractivity contribution in [2.24, 2.45) is 0 Å². The lowest BCUT2D eigenvalue weighted by Gasteiger charge is -1.97. The summed E-state index contributed by atoms with van der Waals surface area (Å²) in [6.07, 6.45) is 1.12. The summed E-state index contributed by atoms with van der Waals surface area (Å²) < 4.78 is 25.8. The lowest BCUT2D eigenvalue weighted by molar-refractivity contribution is 0.607. The number of fused-ring (bicyclic) bond motifs is 3. The second kappa shape index (κ2) is 3.93. The van der Waals surface area contributed by atoms with Crippen LogP contribution in [0.5, 0.6) is 0 Å². The van der Waals surface area contributed by atoms with E-state index >= 15 is 0 Å². The third-order valence-electron chi connectivity index (χ3n) is 2.56. The van der Waals surface area contributed by atoms with Gasteiger partial charge in [0.05, 0.1) is 16.5 Å². The van der Waals surface area contributed by atoms with Gasteiger partial charge in [-0.2, -0.15) is 0 Å². The van der Waals surface area contributed by atoms with Crippen molar-refractivity contribution >= 4 is 47.5 Å². The maximum atomic E-state index is 11.2. The van der Waals surface area contributed by atoms with E-state index < -0.39 is 10.0 Å². The van der Waals surface area contributed by atoms with Crippen LogP contribution >= 0.6 is 11.3 Å². The number of rotatable bonds is 2. The van der Waals surface area contributed by atoms with Gasteiger partial charge in [-0.1, -0.05) is 41.7 Å². The van der Waals surface area contributed by atoms with Gasteiger partial charge >= 0.3 is 0 Å². The summed E-state index contributed by atoms with van der Waals surface area (Å²) in [6, 6.07) is 11.9. The normalized spacial score (nSPS) is 12.1. The van der Waals surface area contributed by atoms with Crippen molar-refractivity contribution in [2.75, 3.05) is 11.0 Å². The minimum atomic E-state index is -3.28. The Balaban J connectivity index is 2.26. The SMILES string of the molecule is CS(=O)(=O)Nc1nc2c(ccc3ccccc32)s1. The molecule has 0 atom stereocenters. The predicted molar refractivity (Wildman–Crippen MR) is 75.6 cm³/mol. The highest BCUT2D eigenvalue weighted by Crippen LogP contribution is 2.31. The fraction of sp³-hybridized carbons (Fsp3) is 0.0833. The van der Waals surface area contributed by atoms with E-state index in [2.05, 4.69) is 9.71 Å². The number of hydrogen-bond donors (Lipinski definition) is 1. The van der Waals surface area contributed by atoms with Crippen LogP contribution in [0.2, 0.25) is 0 Å². The van der Waals surface area contributed by atoms with E-state index in [0.29, 0.717) is 5.13 Å². The lowest BCUT2D eigenvalue weighted by Crippen LogP contribution is -2.08. The van der Waals surface area contributed by atoms with Gasteiger partial charge in [0.15, 0.2) is 5.13 Å². The summed E-state index contributed by atoms with van der Waals surface area (Å²) in [5, 5.41) is 2.54. The van der Waals surface area contributed by atoms with Crippen molar-refractivity contribution < 1.29 is 8.42 Å². The smallest absolute Gasteiger partial charge is 0.231 e. The summed E-state index contributed by atoms with van der Waals surface area (Å²) in [4.78, 5) is 4.35. The van der Waals surface area contributed by atoms with Gasteiger partial charge in [-0.3, -0.25) is 4.72 Å². The Bertz CT molecular complexity index is 838. The van der Waals surface area contributed by atoms with E-state index in [0.717, 1.165) is 27.2 Å². The summed E-state index contributed by atoms with van der Waals surface area (Å²) in [5.41, 5.74) is 0.837. The van der Waals surface area contributed by atoms with Crippen molar-refractivity contribution in [3.05, 3.63) is 36.4 Å². The van der Waals surface area contributed by atoms with Crippen LogP contribution in [0, 0.1) is 0 Å². The van der Waals surface area contributed by atoms with E-state index in [9.17, 15) is 8.42 Å². The standard InChI is InChI=1S/C12H10N2O2S2/c1-18(15,16)14-12-13-11-9-5-3-2-4-8(9)6-7-10(11)17-12/h2-7H,1H3,(H,13,14). The fourth-order valence-electron chi connectivity index (χ4n) is 1.86. The number of sulfonamides is 1. The van der Waals surface area contributed by atoms with Crippen LogP contribution in [-0.2, 0) is 10.0 Å². The third kappa shape index (κ3) is 2.04. The molecule has 0 aliphatic rings. The van der Waals surface area contributed by atoms with Gasteiger partial charge in [-0.05, 0) is 11.5 Å². The van der Waals surface area contributed by atoms with Gasteiger partial charge in [0.25, 0.3) is 0 Å². The first-order valence-corrected chi connectivity index (χ1v) is 8.00. The van der Waals surface area contributed by atoms with Crippen molar-refractivity contribution in [3.63, 3.8) is 0 Å². The number of hydrogen-bond acceptors (Lipinski definition) is 4. The molecule has 92 valence electrons. The van der Waals surface area contributed by atoms with Gasteiger partial charge in [0, 0.05) is 5.39 Å². The van der Waals surface area contributed by atoms with Gasteiger partial charge in [0.2, 0.25) is 10.0 Å². The van der Waals surface area contributed by atoms with Crippen LogP contribution in [0.25, 0.3) is 21.0 Å². The van der Waals surface area contributed by atoms with Crippen LogP contribution in [0.3, 0.4) is 0 Å². The van der Waals surface area contributed by atoms with Crippen LogP contribution in [-0.4, -0.2) is 19.7 Å². The molecule has 0 radical (unpaired) electrons. The van der Waals surface area contributed by atoms with Crippen LogP contribution in [0.1, 0.15) is 0 Å². The first-order valence-electron chi connectivity index (χ1n) is 5.29. The molecule has 0 saturated carbocycles. The minimum absolute atomic E-state index is 0.406. The van der Waals surface area contributed by atoms with E-state index in [1.54, 1.807) is 0 Å². The van der Waals surface area contributed by atoms with Gasteiger partial charge in [-0.15, -0.1) is 0 Å². The van der Waals surface area contributed by atoms with Crippen molar-refractivity contribution in [3.8, 4) is 0 Å². The molecule has 0 aliphatic heterocycles. The Morgan fingerprint density at radius 1 is 1.17 bits per heavy atom. The van der Waals surface area contributed by atoms with Crippen LogP contribution in [0.15, 0.2) is 36.4 Å². The molecule has 3 aromatic rings. The topological polar surface area (TPSA) is 59.1 Å².